The van der Waals surface area contributed by atoms with E-state index >= 15 is 0 Å². The van der Waals surface area contributed by atoms with Gasteiger partial charge in [0.2, 0.25) is 0 Å². The molecule has 1 atom stereocenters. The average molecular weight is 225 g/mol. The molecule has 2 aliphatic heterocycles. The second-order valence-corrected chi connectivity index (χ2v) is 5.33. The molecule has 0 radical (unpaired) electrons. The van der Waals surface area contributed by atoms with Crippen LogP contribution in [0.4, 0.5) is 0 Å². The minimum atomic E-state index is 0.830. The van der Waals surface area contributed by atoms with Crippen molar-refractivity contribution in [3.8, 4) is 0 Å². The van der Waals surface area contributed by atoms with E-state index in [-0.39, 0.29) is 0 Å². The molecule has 2 rings (SSSR count). The number of hydrogen-bond acceptors (Lipinski definition) is 3. The molecule has 94 valence electrons. The van der Waals surface area contributed by atoms with E-state index in [4.69, 9.17) is 0 Å². The molecule has 0 aromatic heterocycles. The molecule has 0 spiro atoms. The van der Waals surface area contributed by atoms with Gasteiger partial charge in [-0.1, -0.05) is 6.42 Å². The van der Waals surface area contributed by atoms with Crippen molar-refractivity contribution in [2.45, 2.75) is 38.6 Å². The number of nitrogens with zero attached hydrogens (tertiary/aromatic N) is 2. The summed E-state index contributed by atoms with van der Waals surface area (Å²) in [6.45, 7) is 11.2. The third-order valence-electron chi connectivity index (χ3n) is 4.07. The van der Waals surface area contributed by atoms with Crippen molar-refractivity contribution in [3.05, 3.63) is 0 Å². The van der Waals surface area contributed by atoms with Crippen molar-refractivity contribution < 1.29 is 0 Å². The summed E-state index contributed by atoms with van der Waals surface area (Å²) in [4.78, 5) is 5.29. The Hall–Kier alpha value is -0.120. The third-order valence-corrected chi connectivity index (χ3v) is 4.07. The van der Waals surface area contributed by atoms with E-state index in [0.717, 1.165) is 6.04 Å². The van der Waals surface area contributed by atoms with Gasteiger partial charge in [0, 0.05) is 32.2 Å². The van der Waals surface area contributed by atoms with Crippen LogP contribution in [0.5, 0.6) is 0 Å². The Morgan fingerprint density at radius 3 is 2.62 bits per heavy atom. The van der Waals surface area contributed by atoms with Crippen LogP contribution in [0.25, 0.3) is 0 Å². The number of likely N-dealkylation sites (tertiary alicyclic amines) is 1. The predicted octanol–water partition coefficient (Wildman–Crippen LogP) is 1.16. The first-order valence-electron chi connectivity index (χ1n) is 7.03. The molecule has 0 aromatic carbocycles. The SMILES string of the molecule is CC1CCCCN1CCCN1CCNCC1. The molecular weight excluding hydrogens is 198 g/mol. The van der Waals surface area contributed by atoms with E-state index in [0.29, 0.717) is 0 Å². The zero-order valence-electron chi connectivity index (χ0n) is 10.7. The van der Waals surface area contributed by atoms with Gasteiger partial charge in [0.05, 0.1) is 0 Å². The predicted molar refractivity (Wildman–Crippen MR) is 68.8 cm³/mol. The first-order valence-corrected chi connectivity index (χ1v) is 7.03. The number of piperazine rings is 1. The standard InChI is InChI=1S/C13H27N3/c1-13-5-2-3-9-16(13)10-4-8-15-11-6-14-7-12-15/h13-14H,2-12H2,1H3. The van der Waals surface area contributed by atoms with E-state index in [2.05, 4.69) is 22.0 Å². The largest absolute Gasteiger partial charge is 0.314 e. The van der Waals surface area contributed by atoms with Crippen LogP contribution < -0.4 is 5.32 Å². The van der Waals surface area contributed by atoms with Gasteiger partial charge in [-0.15, -0.1) is 0 Å². The summed E-state index contributed by atoms with van der Waals surface area (Å²) in [6.07, 6.45) is 5.62. The van der Waals surface area contributed by atoms with E-state index in [1.54, 1.807) is 0 Å². The second-order valence-electron chi connectivity index (χ2n) is 5.33. The van der Waals surface area contributed by atoms with Crippen LogP contribution in [0.1, 0.15) is 32.6 Å². The summed E-state index contributed by atoms with van der Waals surface area (Å²) >= 11 is 0. The minimum absolute atomic E-state index is 0.830. The maximum Gasteiger partial charge on any atom is 0.0107 e. The zero-order chi connectivity index (χ0) is 11.2. The number of piperidine rings is 1. The lowest BCUT2D eigenvalue weighted by molar-refractivity contribution is 0.146. The van der Waals surface area contributed by atoms with E-state index in [9.17, 15) is 0 Å². The van der Waals surface area contributed by atoms with Crippen LogP contribution in [-0.2, 0) is 0 Å². The molecule has 0 saturated carbocycles. The Labute approximate surface area is 100 Å². The van der Waals surface area contributed by atoms with Crippen molar-refractivity contribution >= 4 is 0 Å². The van der Waals surface area contributed by atoms with Crippen LogP contribution in [0, 0.1) is 0 Å². The summed E-state index contributed by atoms with van der Waals surface area (Å²) in [5.41, 5.74) is 0. The van der Waals surface area contributed by atoms with E-state index < -0.39 is 0 Å². The van der Waals surface area contributed by atoms with Gasteiger partial charge in [-0.2, -0.15) is 0 Å². The normalized spacial score (nSPS) is 29.4. The highest BCUT2D eigenvalue weighted by atomic mass is 15.2. The first kappa shape index (κ1) is 12.3. The van der Waals surface area contributed by atoms with Crippen LogP contribution in [0.3, 0.4) is 0 Å². The van der Waals surface area contributed by atoms with Gasteiger partial charge in [-0.05, 0) is 45.8 Å². The Bertz CT molecular complexity index is 190. The van der Waals surface area contributed by atoms with Crippen molar-refractivity contribution in [2.24, 2.45) is 0 Å². The Morgan fingerprint density at radius 1 is 1.06 bits per heavy atom. The lowest BCUT2D eigenvalue weighted by Gasteiger charge is -2.34. The first-order chi connectivity index (χ1) is 7.86. The molecule has 0 amide bonds. The molecule has 1 N–H and O–H groups in total. The van der Waals surface area contributed by atoms with Crippen molar-refractivity contribution in [3.63, 3.8) is 0 Å². The summed E-state index contributed by atoms with van der Waals surface area (Å²) in [6, 6.07) is 0.830. The average Bonchev–Trinajstić information content (AvgIpc) is 2.33. The van der Waals surface area contributed by atoms with Crippen LogP contribution >= 0.6 is 0 Å². The minimum Gasteiger partial charge on any atom is -0.314 e. The Kier molecular flexibility index (Phi) is 5.07. The number of rotatable bonds is 4. The fourth-order valence-electron chi connectivity index (χ4n) is 2.92. The molecule has 0 aliphatic carbocycles. The molecule has 0 aromatic rings. The van der Waals surface area contributed by atoms with Gasteiger partial charge in [0.1, 0.15) is 0 Å². The molecule has 2 aliphatic rings. The summed E-state index contributed by atoms with van der Waals surface area (Å²) in [5, 5.41) is 3.41. The maximum atomic E-state index is 3.41. The second kappa shape index (κ2) is 6.58. The van der Waals surface area contributed by atoms with Crippen molar-refractivity contribution in [2.75, 3.05) is 45.8 Å². The summed E-state index contributed by atoms with van der Waals surface area (Å²) in [7, 11) is 0. The molecule has 2 fully saturated rings. The highest BCUT2D eigenvalue weighted by Gasteiger charge is 2.17. The molecule has 0 bridgehead atoms. The van der Waals surface area contributed by atoms with E-state index in [1.165, 1.54) is 71.5 Å². The fraction of sp³-hybridized carbons (Fsp3) is 1.00. The monoisotopic (exact) mass is 225 g/mol. The van der Waals surface area contributed by atoms with Crippen molar-refractivity contribution in [1.29, 1.82) is 0 Å². The number of nitrogens with one attached hydrogen (secondary N) is 1. The molecule has 3 nitrogen and oxygen atoms in total. The van der Waals surface area contributed by atoms with Crippen LogP contribution in [0.2, 0.25) is 0 Å². The maximum absolute atomic E-state index is 3.41. The molecule has 2 heterocycles. The molecule has 1 unspecified atom stereocenters. The Morgan fingerprint density at radius 2 is 1.88 bits per heavy atom. The highest BCUT2D eigenvalue weighted by molar-refractivity contribution is 4.74. The molecule has 16 heavy (non-hydrogen) atoms. The lowest BCUT2D eigenvalue weighted by Crippen LogP contribution is -2.45. The smallest absolute Gasteiger partial charge is 0.0107 e. The molecular formula is C13H27N3. The van der Waals surface area contributed by atoms with Crippen LogP contribution in [-0.4, -0.2) is 61.7 Å². The Balaban J connectivity index is 1.59. The van der Waals surface area contributed by atoms with Gasteiger partial charge in [0.15, 0.2) is 0 Å². The van der Waals surface area contributed by atoms with Gasteiger partial charge < -0.3 is 15.1 Å². The highest BCUT2D eigenvalue weighted by Crippen LogP contribution is 2.16. The van der Waals surface area contributed by atoms with Gasteiger partial charge >= 0.3 is 0 Å². The van der Waals surface area contributed by atoms with Gasteiger partial charge in [-0.25, -0.2) is 0 Å². The van der Waals surface area contributed by atoms with Gasteiger partial charge in [-0.3, -0.25) is 0 Å². The van der Waals surface area contributed by atoms with E-state index in [1.807, 2.05) is 0 Å². The fourth-order valence-corrected chi connectivity index (χ4v) is 2.92. The topological polar surface area (TPSA) is 18.5 Å². The summed E-state index contributed by atoms with van der Waals surface area (Å²) < 4.78 is 0. The molecule has 3 heteroatoms. The summed E-state index contributed by atoms with van der Waals surface area (Å²) in [5.74, 6) is 0. The zero-order valence-corrected chi connectivity index (χ0v) is 10.7. The van der Waals surface area contributed by atoms with Crippen molar-refractivity contribution in [1.82, 2.24) is 15.1 Å². The van der Waals surface area contributed by atoms with Gasteiger partial charge in [0.25, 0.3) is 0 Å². The van der Waals surface area contributed by atoms with Crippen LogP contribution in [0.15, 0.2) is 0 Å². The lowest BCUT2D eigenvalue weighted by atomic mass is 10.0. The number of hydrogen-bond donors (Lipinski definition) is 1. The quantitative estimate of drug-likeness (QED) is 0.774. The molecule has 2 saturated heterocycles. The third kappa shape index (κ3) is 3.72.